The van der Waals surface area contributed by atoms with Crippen molar-refractivity contribution >= 4 is 0 Å². The van der Waals surface area contributed by atoms with Gasteiger partial charge in [0, 0.05) is 31.9 Å². The number of aromatic nitrogens is 2. The average molecular weight is 301 g/mol. The summed E-state index contributed by atoms with van der Waals surface area (Å²) in [5.74, 6) is 0.411. The van der Waals surface area contributed by atoms with Crippen molar-refractivity contribution in [2.75, 3.05) is 19.7 Å². The molecule has 116 valence electrons. The number of benzene rings is 1. The lowest BCUT2D eigenvalue weighted by Gasteiger charge is -2.24. The molecule has 1 aromatic heterocycles. The first kappa shape index (κ1) is 15.1. The zero-order chi connectivity index (χ0) is 15.4. The summed E-state index contributed by atoms with van der Waals surface area (Å²) >= 11 is 0. The maximum absolute atomic E-state index is 14.3. The van der Waals surface area contributed by atoms with Crippen LogP contribution in [0.4, 0.5) is 4.39 Å². The molecule has 1 atom stereocenters. The van der Waals surface area contributed by atoms with Crippen LogP contribution in [0.1, 0.15) is 35.5 Å². The quantitative estimate of drug-likeness (QED) is 0.942. The second-order valence-corrected chi connectivity index (χ2v) is 5.45. The summed E-state index contributed by atoms with van der Waals surface area (Å²) in [7, 11) is 0. The topological polar surface area (TPSA) is 47.0 Å². The molecule has 0 bridgehead atoms. The van der Waals surface area contributed by atoms with E-state index < -0.39 is 0 Å². The van der Waals surface area contributed by atoms with Crippen LogP contribution in [0.15, 0.2) is 30.6 Å². The van der Waals surface area contributed by atoms with E-state index >= 15 is 0 Å². The summed E-state index contributed by atoms with van der Waals surface area (Å²) < 4.78 is 20.0. The fourth-order valence-corrected chi connectivity index (χ4v) is 2.51. The molecule has 1 aliphatic rings. The van der Waals surface area contributed by atoms with Crippen LogP contribution in [-0.2, 0) is 17.6 Å². The van der Waals surface area contributed by atoms with Crippen LogP contribution in [0.3, 0.4) is 0 Å². The highest BCUT2D eigenvalue weighted by Crippen LogP contribution is 2.22. The van der Waals surface area contributed by atoms with Gasteiger partial charge in [-0.05, 0) is 29.2 Å². The molecule has 2 heterocycles. The van der Waals surface area contributed by atoms with Gasteiger partial charge in [0.15, 0.2) is 0 Å². The fraction of sp³-hybridized carbons (Fsp3) is 0.412. The van der Waals surface area contributed by atoms with Gasteiger partial charge in [-0.25, -0.2) is 14.4 Å². The van der Waals surface area contributed by atoms with Crippen LogP contribution in [0.5, 0.6) is 0 Å². The number of nitrogens with one attached hydrogen (secondary N) is 1. The highest BCUT2D eigenvalue weighted by molar-refractivity contribution is 5.28. The second-order valence-electron chi connectivity index (χ2n) is 5.45. The molecule has 2 aromatic rings. The molecule has 5 heteroatoms. The molecular formula is C17H20FN3O. The number of nitrogens with zero attached hydrogens (tertiary/aromatic N) is 2. The summed E-state index contributed by atoms with van der Waals surface area (Å²) in [6, 6.07) is 5.30. The predicted octanol–water partition coefficient (Wildman–Crippen LogP) is 2.43. The largest absolute Gasteiger partial charge is 0.371 e. The molecule has 1 fully saturated rings. The highest BCUT2D eigenvalue weighted by Gasteiger charge is 2.17. The Morgan fingerprint density at radius 2 is 2.14 bits per heavy atom. The number of ether oxygens (including phenoxy) is 1. The molecule has 3 rings (SSSR count). The normalized spacial score (nSPS) is 18.4. The van der Waals surface area contributed by atoms with Crippen molar-refractivity contribution in [1.29, 1.82) is 0 Å². The maximum atomic E-state index is 14.3. The number of hydrogen-bond acceptors (Lipinski definition) is 4. The third kappa shape index (κ3) is 3.48. The van der Waals surface area contributed by atoms with Crippen molar-refractivity contribution in [1.82, 2.24) is 15.3 Å². The van der Waals surface area contributed by atoms with E-state index in [0.717, 1.165) is 30.6 Å². The van der Waals surface area contributed by atoms with Gasteiger partial charge < -0.3 is 10.1 Å². The van der Waals surface area contributed by atoms with Crippen LogP contribution >= 0.6 is 0 Å². The Bertz CT molecular complexity index is 624. The van der Waals surface area contributed by atoms with Crippen LogP contribution < -0.4 is 5.32 Å². The van der Waals surface area contributed by atoms with Gasteiger partial charge >= 0.3 is 0 Å². The highest BCUT2D eigenvalue weighted by atomic mass is 19.1. The molecule has 1 aliphatic heterocycles. The van der Waals surface area contributed by atoms with E-state index in [-0.39, 0.29) is 11.9 Å². The van der Waals surface area contributed by atoms with Crippen LogP contribution in [0.2, 0.25) is 0 Å². The Morgan fingerprint density at radius 1 is 1.32 bits per heavy atom. The Hall–Kier alpha value is -1.85. The first-order valence-corrected chi connectivity index (χ1v) is 7.66. The van der Waals surface area contributed by atoms with E-state index in [9.17, 15) is 4.39 Å². The van der Waals surface area contributed by atoms with E-state index in [1.165, 1.54) is 0 Å². The zero-order valence-corrected chi connectivity index (χ0v) is 12.7. The summed E-state index contributed by atoms with van der Waals surface area (Å²) in [4.78, 5) is 8.57. The van der Waals surface area contributed by atoms with Gasteiger partial charge in [-0.3, -0.25) is 0 Å². The zero-order valence-electron chi connectivity index (χ0n) is 12.7. The van der Waals surface area contributed by atoms with Gasteiger partial charge in [-0.2, -0.15) is 0 Å². The third-order valence-electron chi connectivity index (χ3n) is 3.89. The molecule has 0 amide bonds. The first-order chi connectivity index (χ1) is 10.8. The Labute approximate surface area is 129 Å². The fourth-order valence-electron chi connectivity index (χ4n) is 2.51. The van der Waals surface area contributed by atoms with Crippen molar-refractivity contribution < 1.29 is 9.13 Å². The number of morpholine rings is 1. The van der Waals surface area contributed by atoms with Crippen molar-refractivity contribution in [3.63, 3.8) is 0 Å². The molecule has 0 spiro atoms. The monoisotopic (exact) mass is 301 g/mol. The maximum Gasteiger partial charge on any atom is 0.132 e. The second kappa shape index (κ2) is 6.94. The molecule has 0 aliphatic carbocycles. The summed E-state index contributed by atoms with van der Waals surface area (Å²) in [6.07, 6.45) is 4.84. The SMILES string of the molecule is CCc1cnc(Cc2ccc(C3CNCCO3)cc2F)nc1. The van der Waals surface area contributed by atoms with Crippen molar-refractivity contribution in [3.05, 3.63) is 58.9 Å². The lowest BCUT2D eigenvalue weighted by molar-refractivity contribution is 0.0275. The smallest absolute Gasteiger partial charge is 0.132 e. The summed E-state index contributed by atoms with van der Waals surface area (Å²) in [6.45, 7) is 4.28. The standard InChI is InChI=1S/C17H20FN3O/c1-2-12-9-20-17(21-10-12)8-13-3-4-14(7-15(13)18)16-11-19-5-6-22-16/h3-4,7,9-10,16,19H,2,5-6,8,11H2,1H3. The minimum atomic E-state index is -0.227. The van der Waals surface area contributed by atoms with E-state index in [4.69, 9.17) is 4.74 Å². The van der Waals surface area contributed by atoms with Gasteiger partial charge in [0.1, 0.15) is 11.6 Å². The van der Waals surface area contributed by atoms with E-state index in [1.54, 1.807) is 24.5 Å². The molecule has 0 saturated carbocycles. The van der Waals surface area contributed by atoms with E-state index in [1.807, 2.05) is 6.07 Å². The lowest BCUT2D eigenvalue weighted by Crippen LogP contribution is -2.33. The van der Waals surface area contributed by atoms with Gasteiger partial charge in [0.25, 0.3) is 0 Å². The van der Waals surface area contributed by atoms with E-state index in [0.29, 0.717) is 24.4 Å². The van der Waals surface area contributed by atoms with Crippen molar-refractivity contribution in [2.45, 2.75) is 25.9 Å². The molecule has 0 radical (unpaired) electrons. The summed E-state index contributed by atoms with van der Waals surface area (Å²) in [5.41, 5.74) is 2.56. The van der Waals surface area contributed by atoms with Crippen molar-refractivity contribution in [2.24, 2.45) is 0 Å². The van der Waals surface area contributed by atoms with Gasteiger partial charge in [-0.1, -0.05) is 19.1 Å². The van der Waals surface area contributed by atoms with Crippen LogP contribution in [0, 0.1) is 5.82 Å². The predicted molar refractivity (Wildman–Crippen MR) is 82.2 cm³/mol. The average Bonchev–Trinajstić information content (AvgIpc) is 2.58. The molecule has 22 heavy (non-hydrogen) atoms. The number of aryl methyl sites for hydroxylation is 1. The molecule has 1 aromatic carbocycles. The number of rotatable bonds is 4. The molecule has 1 saturated heterocycles. The number of halogens is 1. The number of hydrogen-bond donors (Lipinski definition) is 1. The first-order valence-electron chi connectivity index (χ1n) is 7.66. The van der Waals surface area contributed by atoms with Gasteiger partial charge in [0.05, 0.1) is 12.7 Å². The Balaban J connectivity index is 1.73. The third-order valence-corrected chi connectivity index (χ3v) is 3.89. The minimum Gasteiger partial charge on any atom is -0.371 e. The van der Waals surface area contributed by atoms with Crippen molar-refractivity contribution in [3.8, 4) is 0 Å². The molecular weight excluding hydrogens is 281 g/mol. The Kier molecular flexibility index (Phi) is 4.75. The molecule has 1 unspecified atom stereocenters. The molecule has 4 nitrogen and oxygen atoms in total. The van der Waals surface area contributed by atoms with Gasteiger partial charge in [-0.15, -0.1) is 0 Å². The van der Waals surface area contributed by atoms with Gasteiger partial charge in [0.2, 0.25) is 0 Å². The molecule has 1 N–H and O–H groups in total. The lowest BCUT2D eigenvalue weighted by atomic mass is 10.0. The Morgan fingerprint density at radius 3 is 2.77 bits per heavy atom. The van der Waals surface area contributed by atoms with Crippen LogP contribution in [0.25, 0.3) is 0 Å². The summed E-state index contributed by atoms with van der Waals surface area (Å²) in [5, 5.41) is 3.25. The minimum absolute atomic E-state index is 0.0719. The van der Waals surface area contributed by atoms with E-state index in [2.05, 4.69) is 22.2 Å². The van der Waals surface area contributed by atoms with Crippen LogP contribution in [-0.4, -0.2) is 29.7 Å².